The molecular weight excluding hydrogens is 302 g/mol. The van der Waals surface area contributed by atoms with Gasteiger partial charge in [0.2, 0.25) is 0 Å². The third-order valence-electron chi connectivity index (χ3n) is 4.47. The second-order valence-electron chi connectivity index (χ2n) is 6.33. The summed E-state index contributed by atoms with van der Waals surface area (Å²) in [6, 6.07) is 19.7. The first kappa shape index (κ1) is 16.6. The molecule has 3 rings (SSSR count). The van der Waals surface area contributed by atoms with E-state index in [2.05, 4.69) is 53.8 Å². The van der Waals surface area contributed by atoms with Gasteiger partial charge < -0.3 is 10.4 Å². The van der Waals surface area contributed by atoms with E-state index in [1.807, 2.05) is 24.8 Å². The molecule has 2 aromatic rings. The summed E-state index contributed by atoms with van der Waals surface area (Å²) in [5.41, 5.74) is 2.73. The van der Waals surface area contributed by atoms with Crippen LogP contribution in [0.1, 0.15) is 42.9 Å². The van der Waals surface area contributed by atoms with Crippen LogP contribution in [-0.4, -0.2) is 23.5 Å². The predicted octanol–water partition coefficient (Wildman–Crippen LogP) is 4.37. The molecule has 3 unspecified atom stereocenters. The molecule has 1 aliphatic rings. The summed E-state index contributed by atoms with van der Waals surface area (Å²) in [4.78, 5) is 1.41. The zero-order valence-electron chi connectivity index (χ0n) is 13.6. The lowest BCUT2D eigenvalue weighted by atomic mass is 9.92. The van der Waals surface area contributed by atoms with Crippen LogP contribution >= 0.6 is 11.8 Å². The van der Waals surface area contributed by atoms with Crippen LogP contribution in [0, 0.1) is 0 Å². The molecule has 0 fully saturated rings. The molecule has 1 aliphatic heterocycles. The Labute approximate surface area is 143 Å². The van der Waals surface area contributed by atoms with Crippen LogP contribution in [0.3, 0.4) is 0 Å². The van der Waals surface area contributed by atoms with E-state index >= 15 is 0 Å². The van der Waals surface area contributed by atoms with Gasteiger partial charge in [0.25, 0.3) is 0 Å². The first-order chi connectivity index (χ1) is 11.2. The number of hydrogen-bond donors (Lipinski definition) is 2. The summed E-state index contributed by atoms with van der Waals surface area (Å²) < 4.78 is 0. The van der Waals surface area contributed by atoms with Crippen LogP contribution < -0.4 is 5.32 Å². The molecular formula is C20H25NOS. The van der Waals surface area contributed by atoms with Gasteiger partial charge in [0.1, 0.15) is 0 Å². The monoisotopic (exact) mass is 327 g/mol. The van der Waals surface area contributed by atoms with Crippen LogP contribution in [0.4, 0.5) is 0 Å². The Bertz CT molecular complexity index is 614. The van der Waals surface area contributed by atoms with Crippen LogP contribution in [0.15, 0.2) is 59.5 Å². The maximum Gasteiger partial charge on any atom is 0.0518 e. The van der Waals surface area contributed by atoms with E-state index < -0.39 is 0 Å². The molecule has 0 amide bonds. The number of benzene rings is 2. The zero-order valence-corrected chi connectivity index (χ0v) is 14.4. The molecule has 0 aromatic heterocycles. The molecule has 0 aliphatic carbocycles. The zero-order chi connectivity index (χ0) is 16.1. The summed E-state index contributed by atoms with van der Waals surface area (Å²) in [7, 11) is 0. The predicted molar refractivity (Wildman–Crippen MR) is 98.0 cm³/mol. The summed E-state index contributed by atoms with van der Waals surface area (Å²) in [6.45, 7) is 2.78. The third kappa shape index (κ3) is 4.37. The number of thioether (sulfide) groups is 1. The van der Waals surface area contributed by atoms with Crippen LogP contribution in [0.2, 0.25) is 0 Å². The van der Waals surface area contributed by atoms with Crippen LogP contribution in [-0.2, 0) is 0 Å². The highest BCUT2D eigenvalue weighted by Gasteiger charge is 2.22. The first-order valence-electron chi connectivity index (χ1n) is 8.42. The number of rotatable bonds is 6. The highest BCUT2D eigenvalue weighted by Crippen LogP contribution is 2.36. The molecule has 0 spiro atoms. The molecule has 2 N–H and O–H groups in total. The minimum atomic E-state index is -0.281. The van der Waals surface area contributed by atoms with Crippen molar-refractivity contribution in [2.24, 2.45) is 0 Å². The second-order valence-corrected chi connectivity index (χ2v) is 7.46. The van der Waals surface area contributed by atoms with Gasteiger partial charge in [0.15, 0.2) is 0 Å². The molecule has 0 bridgehead atoms. The highest BCUT2D eigenvalue weighted by atomic mass is 32.2. The van der Waals surface area contributed by atoms with E-state index in [0.717, 1.165) is 19.4 Å². The van der Waals surface area contributed by atoms with Crippen molar-refractivity contribution in [1.29, 1.82) is 0 Å². The van der Waals surface area contributed by atoms with Gasteiger partial charge in [0.05, 0.1) is 6.10 Å². The van der Waals surface area contributed by atoms with Crippen molar-refractivity contribution in [3.05, 3.63) is 65.7 Å². The van der Waals surface area contributed by atoms with E-state index in [-0.39, 0.29) is 6.10 Å². The number of nitrogens with one attached hydrogen (secondary N) is 1. The average Bonchev–Trinajstić information content (AvgIpc) is 2.59. The fraction of sp³-hybridized carbons (Fsp3) is 0.400. The Morgan fingerprint density at radius 2 is 1.87 bits per heavy atom. The number of aliphatic hydroxyl groups is 1. The van der Waals surface area contributed by atoms with Gasteiger partial charge in [0, 0.05) is 17.5 Å². The van der Waals surface area contributed by atoms with Gasteiger partial charge in [-0.2, -0.15) is 0 Å². The van der Waals surface area contributed by atoms with Crippen molar-refractivity contribution in [3.63, 3.8) is 0 Å². The summed E-state index contributed by atoms with van der Waals surface area (Å²) in [6.07, 6.45) is 1.68. The molecule has 2 nitrogen and oxygen atoms in total. The van der Waals surface area contributed by atoms with Crippen molar-refractivity contribution < 1.29 is 5.11 Å². The molecule has 3 atom stereocenters. The van der Waals surface area contributed by atoms with Gasteiger partial charge in [-0.05, 0) is 48.6 Å². The van der Waals surface area contributed by atoms with Crippen molar-refractivity contribution in [2.45, 2.75) is 42.7 Å². The molecule has 0 radical (unpaired) electrons. The summed E-state index contributed by atoms with van der Waals surface area (Å²) in [5, 5.41) is 13.6. The Balaban J connectivity index is 1.70. The number of fused-ring (bicyclic) bond motifs is 1. The Morgan fingerprint density at radius 3 is 2.65 bits per heavy atom. The molecule has 2 aromatic carbocycles. The fourth-order valence-electron chi connectivity index (χ4n) is 3.31. The van der Waals surface area contributed by atoms with Crippen LogP contribution in [0.25, 0.3) is 0 Å². The topological polar surface area (TPSA) is 32.3 Å². The van der Waals surface area contributed by atoms with E-state index in [1.54, 1.807) is 0 Å². The number of hydrogen-bond acceptors (Lipinski definition) is 3. The molecule has 3 heteroatoms. The summed E-state index contributed by atoms with van der Waals surface area (Å²) in [5.74, 6) is 1.51. The Kier molecular flexibility index (Phi) is 5.76. The smallest absolute Gasteiger partial charge is 0.0518 e. The molecule has 0 saturated heterocycles. The van der Waals surface area contributed by atoms with E-state index in [4.69, 9.17) is 0 Å². The molecule has 23 heavy (non-hydrogen) atoms. The van der Waals surface area contributed by atoms with E-state index in [0.29, 0.717) is 12.0 Å². The highest BCUT2D eigenvalue weighted by molar-refractivity contribution is 7.99. The lowest BCUT2D eigenvalue weighted by molar-refractivity contribution is 0.172. The largest absolute Gasteiger partial charge is 0.393 e. The van der Waals surface area contributed by atoms with Crippen molar-refractivity contribution in [1.82, 2.24) is 5.32 Å². The van der Waals surface area contributed by atoms with Gasteiger partial charge in [-0.1, -0.05) is 48.5 Å². The normalized spacial score (nSPS) is 19.8. The van der Waals surface area contributed by atoms with Crippen LogP contribution in [0.5, 0.6) is 0 Å². The SMILES string of the molecule is CC(O)CC(CNC1CCSc2ccccc21)c1ccccc1. The van der Waals surface area contributed by atoms with Gasteiger partial charge in [-0.15, -0.1) is 11.8 Å². The standard InChI is InChI=1S/C20H25NOS/c1-15(22)13-17(16-7-3-2-4-8-16)14-21-19-11-12-23-20-10-6-5-9-18(19)20/h2-10,15,17,19,21-22H,11-14H2,1H3. The van der Waals surface area contributed by atoms with Crippen molar-refractivity contribution in [3.8, 4) is 0 Å². The fourth-order valence-corrected chi connectivity index (χ4v) is 4.44. The van der Waals surface area contributed by atoms with Crippen molar-refractivity contribution in [2.75, 3.05) is 12.3 Å². The van der Waals surface area contributed by atoms with Gasteiger partial charge in [-0.25, -0.2) is 0 Å². The maximum absolute atomic E-state index is 9.85. The minimum Gasteiger partial charge on any atom is -0.393 e. The third-order valence-corrected chi connectivity index (χ3v) is 5.59. The Morgan fingerprint density at radius 1 is 1.13 bits per heavy atom. The van der Waals surface area contributed by atoms with E-state index in [1.165, 1.54) is 21.8 Å². The quantitative estimate of drug-likeness (QED) is 0.826. The maximum atomic E-state index is 9.85. The molecule has 1 heterocycles. The first-order valence-corrected chi connectivity index (χ1v) is 9.40. The molecule has 0 saturated carbocycles. The average molecular weight is 327 g/mol. The summed E-state index contributed by atoms with van der Waals surface area (Å²) >= 11 is 1.95. The van der Waals surface area contributed by atoms with E-state index in [9.17, 15) is 5.11 Å². The Hall–Kier alpha value is -1.29. The van der Waals surface area contributed by atoms with Gasteiger partial charge in [-0.3, -0.25) is 0 Å². The number of aliphatic hydroxyl groups excluding tert-OH is 1. The van der Waals surface area contributed by atoms with Gasteiger partial charge >= 0.3 is 0 Å². The second kappa shape index (κ2) is 8.00. The lowest BCUT2D eigenvalue weighted by Crippen LogP contribution is -2.30. The minimum absolute atomic E-state index is 0.281. The molecule has 122 valence electrons. The van der Waals surface area contributed by atoms with Crippen molar-refractivity contribution >= 4 is 11.8 Å². The lowest BCUT2D eigenvalue weighted by Gasteiger charge is -2.28.